The molecule has 0 aromatic rings. The van der Waals surface area contributed by atoms with Crippen molar-refractivity contribution in [1.29, 1.82) is 0 Å². The van der Waals surface area contributed by atoms with E-state index >= 15 is 0 Å². The summed E-state index contributed by atoms with van der Waals surface area (Å²) < 4.78 is 0. The first-order valence-corrected chi connectivity index (χ1v) is 8.56. The first-order chi connectivity index (χ1) is 9.97. The van der Waals surface area contributed by atoms with E-state index in [2.05, 4.69) is 12.2 Å². The highest BCUT2D eigenvalue weighted by Crippen LogP contribution is 2.25. The summed E-state index contributed by atoms with van der Waals surface area (Å²) in [5.74, 6) is 1.06. The fourth-order valence-electron chi connectivity index (χ4n) is 3.64. The molecule has 1 heterocycles. The molecule has 1 aliphatic carbocycles. The monoisotopic (exact) mass is 294 g/mol. The van der Waals surface area contributed by atoms with Crippen molar-refractivity contribution >= 4 is 11.8 Å². The second-order valence-electron chi connectivity index (χ2n) is 7.26. The van der Waals surface area contributed by atoms with Crippen LogP contribution in [0, 0.1) is 17.8 Å². The van der Waals surface area contributed by atoms with Crippen LogP contribution >= 0.6 is 0 Å². The highest BCUT2D eigenvalue weighted by atomic mass is 16.2. The lowest BCUT2D eigenvalue weighted by Gasteiger charge is -2.35. The van der Waals surface area contributed by atoms with Crippen molar-refractivity contribution in [2.75, 3.05) is 13.1 Å². The molecule has 1 saturated heterocycles. The van der Waals surface area contributed by atoms with Gasteiger partial charge in [0, 0.05) is 25.0 Å². The van der Waals surface area contributed by atoms with Crippen LogP contribution in [-0.2, 0) is 9.59 Å². The Morgan fingerprint density at radius 1 is 1.14 bits per heavy atom. The van der Waals surface area contributed by atoms with Crippen molar-refractivity contribution in [1.82, 2.24) is 10.2 Å². The molecule has 2 amide bonds. The van der Waals surface area contributed by atoms with Gasteiger partial charge in [0.25, 0.3) is 0 Å². The maximum atomic E-state index is 12.5. The van der Waals surface area contributed by atoms with Gasteiger partial charge in [0.05, 0.1) is 5.92 Å². The van der Waals surface area contributed by atoms with Crippen LogP contribution in [0.4, 0.5) is 0 Å². The van der Waals surface area contributed by atoms with Crippen molar-refractivity contribution in [3.63, 3.8) is 0 Å². The van der Waals surface area contributed by atoms with Crippen LogP contribution in [0.25, 0.3) is 0 Å². The van der Waals surface area contributed by atoms with Gasteiger partial charge >= 0.3 is 0 Å². The zero-order valence-corrected chi connectivity index (χ0v) is 13.7. The van der Waals surface area contributed by atoms with Gasteiger partial charge in [-0.25, -0.2) is 0 Å². The first kappa shape index (κ1) is 16.3. The van der Waals surface area contributed by atoms with Crippen LogP contribution in [0.15, 0.2) is 0 Å². The Kier molecular flexibility index (Phi) is 5.65. The van der Waals surface area contributed by atoms with Gasteiger partial charge in [0.2, 0.25) is 11.8 Å². The highest BCUT2D eigenvalue weighted by Gasteiger charge is 2.31. The highest BCUT2D eigenvalue weighted by molar-refractivity contribution is 5.82. The maximum absolute atomic E-state index is 12.5. The Bertz CT molecular complexity index is 381. The van der Waals surface area contributed by atoms with E-state index in [1.165, 1.54) is 12.8 Å². The molecule has 4 nitrogen and oxygen atoms in total. The van der Waals surface area contributed by atoms with Gasteiger partial charge in [-0.15, -0.1) is 0 Å². The Morgan fingerprint density at radius 2 is 1.90 bits per heavy atom. The summed E-state index contributed by atoms with van der Waals surface area (Å²) in [6.45, 7) is 7.53. The Labute approximate surface area is 128 Å². The molecule has 21 heavy (non-hydrogen) atoms. The zero-order chi connectivity index (χ0) is 15.4. The van der Waals surface area contributed by atoms with Gasteiger partial charge in [-0.3, -0.25) is 9.59 Å². The standard InChI is InChI=1S/C17H30N2O2/c1-12(2)17(21)19-9-5-7-14(11-19)16(20)18-15-8-4-6-13(3)10-15/h12-15H,4-11H2,1-3H3,(H,18,20). The molecule has 0 aromatic heterocycles. The SMILES string of the molecule is CC1CCCC(NC(=O)C2CCCN(C(=O)C(C)C)C2)C1. The van der Waals surface area contributed by atoms with Crippen molar-refractivity contribution in [2.45, 2.75) is 65.3 Å². The lowest BCUT2D eigenvalue weighted by Crippen LogP contribution is -2.49. The Hall–Kier alpha value is -1.06. The van der Waals surface area contributed by atoms with Gasteiger partial charge in [-0.1, -0.05) is 33.6 Å². The summed E-state index contributed by atoms with van der Waals surface area (Å²) in [5.41, 5.74) is 0. The average Bonchev–Trinajstić information content (AvgIpc) is 2.46. The third kappa shape index (κ3) is 4.45. The van der Waals surface area contributed by atoms with Crippen molar-refractivity contribution in [3.05, 3.63) is 0 Å². The number of amides is 2. The van der Waals surface area contributed by atoms with Gasteiger partial charge in [0.15, 0.2) is 0 Å². The number of hydrogen-bond donors (Lipinski definition) is 1. The molecule has 2 rings (SSSR count). The molecule has 1 saturated carbocycles. The molecule has 4 heteroatoms. The van der Waals surface area contributed by atoms with Gasteiger partial charge in [0.1, 0.15) is 0 Å². The van der Waals surface area contributed by atoms with E-state index in [1.54, 1.807) is 0 Å². The smallest absolute Gasteiger partial charge is 0.225 e. The van der Waals surface area contributed by atoms with Crippen LogP contribution < -0.4 is 5.32 Å². The summed E-state index contributed by atoms with van der Waals surface area (Å²) in [4.78, 5) is 26.4. The van der Waals surface area contributed by atoms with E-state index in [1.807, 2.05) is 18.7 Å². The molecule has 2 aliphatic rings. The molecule has 0 radical (unpaired) electrons. The van der Waals surface area contributed by atoms with Crippen molar-refractivity contribution < 1.29 is 9.59 Å². The number of nitrogens with zero attached hydrogens (tertiary/aromatic N) is 1. The molecule has 1 aliphatic heterocycles. The van der Waals surface area contributed by atoms with E-state index in [0.717, 1.165) is 38.1 Å². The van der Waals surface area contributed by atoms with E-state index in [9.17, 15) is 9.59 Å². The Morgan fingerprint density at radius 3 is 2.57 bits per heavy atom. The number of carbonyl (C=O) groups is 2. The summed E-state index contributed by atoms with van der Waals surface area (Å²) >= 11 is 0. The Balaban J connectivity index is 1.85. The largest absolute Gasteiger partial charge is 0.353 e. The third-order valence-corrected chi connectivity index (χ3v) is 4.88. The average molecular weight is 294 g/mol. The van der Waals surface area contributed by atoms with E-state index in [-0.39, 0.29) is 23.7 Å². The second-order valence-corrected chi connectivity index (χ2v) is 7.26. The van der Waals surface area contributed by atoms with Gasteiger partial charge in [-0.05, 0) is 31.6 Å². The van der Waals surface area contributed by atoms with Gasteiger partial charge < -0.3 is 10.2 Å². The van der Waals surface area contributed by atoms with Crippen molar-refractivity contribution in [3.8, 4) is 0 Å². The second kappa shape index (κ2) is 7.28. The van der Waals surface area contributed by atoms with Crippen LogP contribution in [0.3, 0.4) is 0 Å². The predicted molar refractivity (Wildman–Crippen MR) is 83.7 cm³/mol. The number of nitrogens with one attached hydrogen (secondary N) is 1. The molecule has 1 N–H and O–H groups in total. The van der Waals surface area contributed by atoms with Crippen LogP contribution in [0.1, 0.15) is 59.3 Å². The van der Waals surface area contributed by atoms with Crippen molar-refractivity contribution in [2.24, 2.45) is 17.8 Å². The molecule has 0 aromatic carbocycles. The molecular weight excluding hydrogens is 264 g/mol. The minimum atomic E-state index is -0.0151. The quantitative estimate of drug-likeness (QED) is 0.869. The van der Waals surface area contributed by atoms with Crippen LogP contribution in [-0.4, -0.2) is 35.8 Å². The number of likely N-dealkylation sites (tertiary alicyclic amines) is 1. The zero-order valence-electron chi connectivity index (χ0n) is 13.7. The summed E-state index contributed by atoms with van der Waals surface area (Å²) in [6.07, 6.45) is 6.57. The van der Waals surface area contributed by atoms with Crippen LogP contribution in [0.2, 0.25) is 0 Å². The molecule has 2 fully saturated rings. The van der Waals surface area contributed by atoms with E-state index in [4.69, 9.17) is 0 Å². The van der Waals surface area contributed by atoms with E-state index in [0.29, 0.717) is 12.6 Å². The molecular formula is C17H30N2O2. The number of carbonyl (C=O) groups excluding carboxylic acids is 2. The molecule has 3 unspecified atom stereocenters. The number of piperidine rings is 1. The first-order valence-electron chi connectivity index (χ1n) is 8.56. The predicted octanol–water partition coefficient (Wildman–Crippen LogP) is 2.58. The maximum Gasteiger partial charge on any atom is 0.225 e. The summed E-state index contributed by atoms with van der Waals surface area (Å²) in [7, 11) is 0. The fraction of sp³-hybridized carbons (Fsp3) is 0.882. The minimum absolute atomic E-state index is 0.0151. The molecule has 0 spiro atoms. The molecule has 120 valence electrons. The number of rotatable bonds is 3. The lowest BCUT2D eigenvalue weighted by molar-refractivity contribution is -0.138. The minimum Gasteiger partial charge on any atom is -0.353 e. The normalized spacial score (nSPS) is 30.3. The third-order valence-electron chi connectivity index (χ3n) is 4.88. The lowest BCUT2D eigenvalue weighted by atomic mass is 9.86. The summed E-state index contributed by atoms with van der Waals surface area (Å²) in [6, 6.07) is 0.345. The number of hydrogen-bond acceptors (Lipinski definition) is 2. The molecule has 3 atom stereocenters. The summed E-state index contributed by atoms with van der Waals surface area (Å²) in [5, 5.41) is 3.23. The molecule has 0 bridgehead atoms. The van der Waals surface area contributed by atoms with Crippen LogP contribution in [0.5, 0.6) is 0 Å². The van der Waals surface area contributed by atoms with E-state index < -0.39 is 0 Å². The fourth-order valence-corrected chi connectivity index (χ4v) is 3.64. The van der Waals surface area contributed by atoms with Gasteiger partial charge in [-0.2, -0.15) is 0 Å². The topological polar surface area (TPSA) is 49.4 Å².